The second-order valence-electron chi connectivity index (χ2n) is 2.97. The molecule has 0 radical (unpaired) electrons. The van der Waals surface area contributed by atoms with Crippen LogP contribution in [0.25, 0.3) is 0 Å². The third kappa shape index (κ3) is 1.60. The monoisotopic (exact) mass is 184 g/mol. The normalized spacial score (nSPS) is 27.4. The van der Waals surface area contributed by atoms with E-state index in [1.54, 1.807) is 0 Å². The van der Waals surface area contributed by atoms with Crippen molar-refractivity contribution in [1.29, 1.82) is 0 Å². The molecule has 72 valence electrons. The van der Waals surface area contributed by atoms with Gasteiger partial charge in [-0.3, -0.25) is 14.2 Å². The molecule has 2 fully saturated rings. The molecular weight excluding hydrogens is 172 g/mol. The average Bonchev–Trinajstić information content (AvgIpc) is 2.14. The SMILES string of the molecule is C=C1COC2(OCCCO2)OC1=C. The van der Waals surface area contributed by atoms with E-state index in [0.29, 0.717) is 31.2 Å². The van der Waals surface area contributed by atoms with Crippen LogP contribution in [0.3, 0.4) is 0 Å². The van der Waals surface area contributed by atoms with Crippen LogP contribution in [0.4, 0.5) is 0 Å². The lowest BCUT2D eigenvalue weighted by Crippen LogP contribution is -2.48. The van der Waals surface area contributed by atoms with Crippen molar-refractivity contribution in [3.05, 3.63) is 24.5 Å². The van der Waals surface area contributed by atoms with E-state index in [1.807, 2.05) is 0 Å². The maximum absolute atomic E-state index is 5.27. The summed E-state index contributed by atoms with van der Waals surface area (Å²) in [6.07, 6.45) is -0.502. The number of rotatable bonds is 0. The molecule has 0 aromatic carbocycles. The molecule has 0 N–H and O–H groups in total. The third-order valence-corrected chi connectivity index (χ3v) is 1.91. The van der Waals surface area contributed by atoms with Crippen LogP contribution in [0.1, 0.15) is 6.42 Å². The lowest BCUT2D eigenvalue weighted by Gasteiger charge is -2.38. The zero-order chi connectivity index (χ0) is 9.31. The fourth-order valence-corrected chi connectivity index (χ4v) is 1.15. The van der Waals surface area contributed by atoms with Crippen LogP contribution >= 0.6 is 0 Å². The third-order valence-electron chi connectivity index (χ3n) is 1.91. The Morgan fingerprint density at radius 2 is 1.77 bits per heavy atom. The Morgan fingerprint density at radius 3 is 2.38 bits per heavy atom. The Kier molecular flexibility index (Phi) is 2.11. The number of hydrogen-bond acceptors (Lipinski definition) is 4. The Morgan fingerprint density at radius 1 is 1.08 bits per heavy atom. The molecule has 4 nitrogen and oxygen atoms in total. The van der Waals surface area contributed by atoms with Crippen molar-refractivity contribution in [3.8, 4) is 0 Å². The van der Waals surface area contributed by atoms with Crippen molar-refractivity contribution in [3.63, 3.8) is 0 Å². The minimum atomic E-state index is -1.35. The molecule has 2 aliphatic rings. The first-order valence-corrected chi connectivity index (χ1v) is 4.20. The molecule has 0 aromatic rings. The predicted octanol–water partition coefficient (Wildman–Crippen LogP) is 1.15. The minimum absolute atomic E-state index is 0.332. The molecule has 2 rings (SSSR count). The van der Waals surface area contributed by atoms with Crippen molar-refractivity contribution in [2.75, 3.05) is 19.8 Å². The maximum Gasteiger partial charge on any atom is 0.461 e. The smallest absolute Gasteiger partial charge is 0.417 e. The van der Waals surface area contributed by atoms with E-state index in [4.69, 9.17) is 18.9 Å². The van der Waals surface area contributed by atoms with E-state index in [1.165, 1.54) is 0 Å². The summed E-state index contributed by atoms with van der Waals surface area (Å²) >= 11 is 0. The zero-order valence-corrected chi connectivity index (χ0v) is 7.38. The summed E-state index contributed by atoms with van der Waals surface area (Å²) in [5.41, 5.74) is 0.711. The van der Waals surface area contributed by atoms with Gasteiger partial charge in [0, 0.05) is 5.57 Å². The molecule has 0 aromatic heterocycles. The van der Waals surface area contributed by atoms with Crippen molar-refractivity contribution in [1.82, 2.24) is 0 Å². The Balaban J connectivity index is 2.07. The summed E-state index contributed by atoms with van der Waals surface area (Å²) in [5, 5.41) is 0. The molecule has 1 spiro atoms. The quantitative estimate of drug-likeness (QED) is 0.566. The molecular formula is C9H12O4. The van der Waals surface area contributed by atoms with Crippen LogP contribution in [0, 0.1) is 0 Å². The molecule has 0 bridgehead atoms. The largest absolute Gasteiger partial charge is 0.461 e. The van der Waals surface area contributed by atoms with Gasteiger partial charge in [-0.2, -0.15) is 0 Å². The van der Waals surface area contributed by atoms with Gasteiger partial charge in [0.15, 0.2) is 0 Å². The summed E-state index contributed by atoms with van der Waals surface area (Å²) in [6.45, 7) is 8.87. The van der Waals surface area contributed by atoms with Gasteiger partial charge in [0.2, 0.25) is 0 Å². The predicted molar refractivity (Wildman–Crippen MR) is 44.6 cm³/mol. The molecule has 4 heteroatoms. The molecule has 0 unspecified atom stereocenters. The van der Waals surface area contributed by atoms with Crippen molar-refractivity contribution in [2.45, 2.75) is 12.6 Å². The lowest BCUT2D eigenvalue weighted by molar-refractivity contribution is -0.506. The van der Waals surface area contributed by atoms with Crippen LogP contribution in [-0.2, 0) is 18.9 Å². The molecule has 0 saturated carbocycles. The fraction of sp³-hybridized carbons (Fsp3) is 0.556. The average molecular weight is 184 g/mol. The van der Waals surface area contributed by atoms with E-state index in [9.17, 15) is 0 Å². The van der Waals surface area contributed by atoms with Gasteiger partial charge in [-0.1, -0.05) is 13.2 Å². The highest BCUT2D eigenvalue weighted by molar-refractivity contribution is 5.21. The topological polar surface area (TPSA) is 36.9 Å². The first-order valence-electron chi connectivity index (χ1n) is 4.20. The van der Waals surface area contributed by atoms with Gasteiger partial charge in [0.25, 0.3) is 0 Å². The van der Waals surface area contributed by atoms with Gasteiger partial charge in [0.1, 0.15) is 5.76 Å². The molecule has 2 aliphatic heterocycles. The van der Waals surface area contributed by atoms with Gasteiger partial charge in [-0.05, 0) is 6.42 Å². The highest BCUT2D eigenvalue weighted by Crippen LogP contribution is 2.31. The van der Waals surface area contributed by atoms with Gasteiger partial charge < -0.3 is 4.74 Å². The van der Waals surface area contributed by atoms with Crippen LogP contribution in [-0.4, -0.2) is 26.0 Å². The number of ether oxygens (including phenoxy) is 4. The number of hydrogen-bond donors (Lipinski definition) is 0. The Hall–Kier alpha value is -0.840. The van der Waals surface area contributed by atoms with Crippen molar-refractivity contribution < 1.29 is 18.9 Å². The molecule has 2 heterocycles. The zero-order valence-electron chi connectivity index (χ0n) is 7.38. The minimum Gasteiger partial charge on any atom is -0.417 e. The second-order valence-corrected chi connectivity index (χ2v) is 2.97. The van der Waals surface area contributed by atoms with Crippen LogP contribution in [0.15, 0.2) is 24.5 Å². The van der Waals surface area contributed by atoms with Crippen LogP contribution < -0.4 is 0 Å². The lowest BCUT2D eigenvalue weighted by atomic mass is 10.3. The highest BCUT2D eigenvalue weighted by atomic mass is 17.0. The second kappa shape index (κ2) is 3.14. The van der Waals surface area contributed by atoms with E-state index >= 15 is 0 Å². The van der Waals surface area contributed by atoms with Crippen molar-refractivity contribution in [2.24, 2.45) is 0 Å². The summed E-state index contributed by atoms with van der Waals surface area (Å²) < 4.78 is 21.0. The van der Waals surface area contributed by atoms with Crippen LogP contribution in [0.2, 0.25) is 0 Å². The summed E-state index contributed by atoms with van der Waals surface area (Å²) in [6, 6.07) is 0. The highest BCUT2D eigenvalue weighted by Gasteiger charge is 2.43. The first kappa shape index (κ1) is 8.74. The standard InChI is InChI=1S/C9H12O4/c1-7-6-12-9(13-8(7)2)10-4-3-5-11-9/h1-6H2. The summed E-state index contributed by atoms with van der Waals surface area (Å²) in [7, 11) is 0. The van der Waals surface area contributed by atoms with Gasteiger partial charge in [0.05, 0.1) is 19.8 Å². The fourth-order valence-electron chi connectivity index (χ4n) is 1.15. The molecule has 2 saturated heterocycles. The van der Waals surface area contributed by atoms with Gasteiger partial charge >= 0.3 is 6.16 Å². The summed E-state index contributed by atoms with van der Waals surface area (Å²) in [4.78, 5) is 0. The van der Waals surface area contributed by atoms with Gasteiger partial charge in [-0.25, -0.2) is 0 Å². The van der Waals surface area contributed by atoms with E-state index < -0.39 is 6.16 Å². The van der Waals surface area contributed by atoms with E-state index in [-0.39, 0.29) is 0 Å². The molecule has 0 atom stereocenters. The maximum atomic E-state index is 5.27. The molecule has 13 heavy (non-hydrogen) atoms. The molecule has 0 aliphatic carbocycles. The van der Waals surface area contributed by atoms with Crippen LogP contribution in [0.5, 0.6) is 0 Å². The molecule has 0 amide bonds. The summed E-state index contributed by atoms with van der Waals surface area (Å²) in [5.74, 6) is 0.466. The van der Waals surface area contributed by atoms with E-state index in [0.717, 1.165) is 6.42 Å². The van der Waals surface area contributed by atoms with Crippen molar-refractivity contribution >= 4 is 0 Å². The first-order chi connectivity index (χ1) is 6.22. The Labute approximate surface area is 76.7 Å². The van der Waals surface area contributed by atoms with E-state index in [2.05, 4.69) is 13.2 Å². The Bertz CT molecular complexity index is 240. The van der Waals surface area contributed by atoms with Gasteiger partial charge in [-0.15, -0.1) is 0 Å².